The van der Waals surface area contributed by atoms with Crippen LogP contribution in [0.4, 0.5) is 0 Å². The zero-order valence-corrected chi connectivity index (χ0v) is 4.44. The van der Waals surface area contributed by atoms with Crippen molar-refractivity contribution in [2.24, 2.45) is 5.84 Å². The topological polar surface area (TPSA) is 72.2 Å². The Morgan fingerprint density at radius 2 is 2.43 bits per heavy atom. The molecule has 0 heterocycles. The summed E-state index contributed by atoms with van der Waals surface area (Å²) >= 11 is 0. The van der Waals surface area contributed by atoms with Crippen LogP contribution in [-0.4, -0.2) is 12.1 Å². The summed E-state index contributed by atoms with van der Waals surface area (Å²) in [6, 6.07) is 0. The zero-order valence-electron chi connectivity index (χ0n) is 3.55. The van der Waals surface area contributed by atoms with Crippen LogP contribution in [0.1, 0.15) is 0 Å². The van der Waals surface area contributed by atoms with Crippen LogP contribution >= 0.6 is 8.46 Å². The molecule has 0 aromatic heterocycles. The van der Waals surface area contributed by atoms with Crippen LogP contribution in [0.5, 0.6) is 0 Å². The summed E-state index contributed by atoms with van der Waals surface area (Å²) in [6.07, 6.45) is -0.0590. The van der Waals surface area contributed by atoms with E-state index in [9.17, 15) is 9.36 Å². The maximum absolute atomic E-state index is 9.97. The summed E-state index contributed by atoms with van der Waals surface area (Å²) in [5, 5.41) is 0. The zero-order chi connectivity index (χ0) is 5.70. The lowest BCUT2D eigenvalue weighted by Gasteiger charge is -1.86. The normalized spacial score (nSPS) is 8.71. The first kappa shape index (κ1) is 6.53. The predicted molar refractivity (Wildman–Crippen MR) is 24.8 cm³/mol. The second-order valence-electron chi connectivity index (χ2n) is 0.855. The fourth-order valence-corrected chi connectivity index (χ4v) is 0.313. The number of carbonyl (C=O) groups excluding carboxylic acids is 1. The van der Waals surface area contributed by atoms with Crippen LogP contribution in [0, 0.1) is 0 Å². The van der Waals surface area contributed by atoms with Gasteiger partial charge >= 0.3 is 0 Å². The molecule has 3 N–H and O–H groups in total. The van der Waals surface area contributed by atoms with E-state index in [4.69, 9.17) is 0 Å². The number of hydrogen-bond donors (Lipinski definition) is 2. The molecule has 7 heavy (non-hydrogen) atoms. The quantitative estimate of drug-likeness (QED) is 0.218. The van der Waals surface area contributed by atoms with Crippen molar-refractivity contribution in [2.75, 3.05) is 6.16 Å². The van der Waals surface area contributed by atoms with Gasteiger partial charge in [-0.25, -0.2) is 5.84 Å². The third kappa shape index (κ3) is 3.36. The third-order valence-corrected chi connectivity index (χ3v) is 0.785. The fourth-order valence-electron chi connectivity index (χ4n) is 0.104. The largest absolute Gasteiger partial charge is 0.294 e. The van der Waals surface area contributed by atoms with Crippen LogP contribution in [-0.2, 0) is 9.36 Å². The van der Waals surface area contributed by atoms with Gasteiger partial charge in [-0.2, -0.15) is 0 Å². The van der Waals surface area contributed by atoms with Crippen LogP contribution < -0.4 is 11.3 Å². The second-order valence-corrected chi connectivity index (χ2v) is 1.43. The summed E-state index contributed by atoms with van der Waals surface area (Å²) in [5.41, 5.74) is 1.82. The first-order valence-corrected chi connectivity index (χ1v) is 2.59. The summed E-state index contributed by atoms with van der Waals surface area (Å²) in [5.74, 6) is 4.20. The Kier molecular flexibility index (Phi) is 3.46. The second kappa shape index (κ2) is 3.71. The highest BCUT2D eigenvalue weighted by molar-refractivity contribution is 7.25. The smallest absolute Gasteiger partial charge is 0.245 e. The van der Waals surface area contributed by atoms with Crippen LogP contribution in [0.25, 0.3) is 0 Å². The van der Waals surface area contributed by atoms with E-state index in [-0.39, 0.29) is 14.6 Å². The van der Waals surface area contributed by atoms with Crippen molar-refractivity contribution in [3.8, 4) is 0 Å². The van der Waals surface area contributed by atoms with E-state index < -0.39 is 5.91 Å². The van der Waals surface area contributed by atoms with Crippen LogP contribution in [0.2, 0.25) is 0 Å². The molecule has 0 rings (SSSR count). The maximum Gasteiger partial charge on any atom is 0.245 e. The molecule has 0 spiro atoms. The highest BCUT2D eigenvalue weighted by Gasteiger charge is 1.92. The summed E-state index contributed by atoms with van der Waals surface area (Å²) in [7, 11) is -0.202. The van der Waals surface area contributed by atoms with Gasteiger partial charge in [0.15, 0.2) is 8.46 Å². The maximum atomic E-state index is 9.97. The molecule has 0 aromatic rings. The van der Waals surface area contributed by atoms with Gasteiger partial charge in [0.1, 0.15) is 6.16 Å². The summed E-state index contributed by atoms with van der Waals surface area (Å²) in [4.78, 5) is 9.97. The average Bonchev–Trinajstić information content (AvgIpc) is 1.68. The molecule has 0 saturated carbocycles. The molecular weight excluding hydrogens is 115 g/mol. The van der Waals surface area contributed by atoms with Crippen LogP contribution in [0.3, 0.4) is 0 Å². The average molecular weight is 120 g/mol. The Morgan fingerprint density at radius 3 is 2.57 bits per heavy atom. The monoisotopic (exact) mass is 120 g/mol. The standard InChI is InChI=1S/C2H5N2O2P/c3-4-2(5)1-7-6/h1,3H2,(H,4,5). The molecule has 0 atom stereocenters. The minimum Gasteiger partial charge on any atom is -0.294 e. The minimum absolute atomic E-state index is 0.0590. The molecule has 0 unspecified atom stereocenters. The molecule has 0 aliphatic rings. The van der Waals surface area contributed by atoms with Gasteiger partial charge in [-0.1, -0.05) is 0 Å². The SMILES string of the molecule is NNC(=O)CP=O. The van der Waals surface area contributed by atoms with E-state index in [1.54, 1.807) is 0 Å². The summed E-state index contributed by atoms with van der Waals surface area (Å²) in [6.45, 7) is 0. The number of nitrogens with two attached hydrogens (primary N) is 1. The van der Waals surface area contributed by atoms with E-state index >= 15 is 0 Å². The van der Waals surface area contributed by atoms with E-state index in [0.717, 1.165) is 0 Å². The van der Waals surface area contributed by atoms with Gasteiger partial charge in [-0.3, -0.25) is 14.8 Å². The van der Waals surface area contributed by atoms with Gasteiger partial charge in [0.2, 0.25) is 5.91 Å². The lowest BCUT2D eigenvalue weighted by atomic mass is 10.8. The lowest BCUT2D eigenvalue weighted by Crippen LogP contribution is -2.30. The Labute approximate surface area is 42.2 Å². The molecule has 5 heteroatoms. The van der Waals surface area contributed by atoms with Crippen molar-refractivity contribution in [1.82, 2.24) is 5.43 Å². The molecule has 0 aliphatic carbocycles. The van der Waals surface area contributed by atoms with Crippen LogP contribution in [0.15, 0.2) is 0 Å². The van der Waals surface area contributed by atoms with Crippen molar-refractivity contribution in [3.05, 3.63) is 0 Å². The van der Waals surface area contributed by atoms with Crippen molar-refractivity contribution >= 4 is 14.4 Å². The number of rotatable bonds is 2. The van der Waals surface area contributed by atoms with Gasteiger partial charge < -0.3 is 0 Å². The number of hydrazine groups is 1. The molecule has 4 nitrogen and oxygen atoms in total. The van der Waals surface area contributed by atoms with Gasteiger partial charge in [0.25, 0.3) is 0 Å². The predicted octanol–water partition coefficient (Wildman–Crippen LogP) is -0.732. The Hall–Kier alpha value is -0.470. The molecular formula is C2H5N2O2P. The van der Waals surface area contributed by atoms with Gasteiger partial charge in [0.05, 0.1) is 0 Å². The van der Waals surface area contributed by atoms with Crippen molar-refractivity contribution in [3.63, 3.8) is 0 Å². The molecule has 1 amide bonds. The number of amides is 1. The first-order valence-electron chi connectivity index (χ1n) is 1.60. The van der Waals surface area contributed by atoms with E-state index in [1.165, 1.54) is 0 Å². The van der Waals surface area contributed by atoms with Gasteiger partial charge in [0, 0.05) is 0 Å². The minimum atomic E-state index is -0.420. The van der Waals surface area contributed by atoms with E-state index in [1.807, 2.05) is 5.43 Å². The van der Waals surface area contributed by atoms with Crippen molar-refractivity contribution < 1.29 is 9.36 Å². The van der Waals surface area contributed by atoms with Gasteiger partial charge in [-0.15, -0.1) is 0 Å². The molecule has 0 saturated heterocycles. The molecule has 40 valence electrons. The highest BCUT2D eigenvalue weighted by Crippen LogP contribution is 1.85. The first-order chi connectivity index (χ1) is 3.31. The lowest BCUT2D eigenvalue weighted by molar-refractivity contribution is -0.118. The third-order valence-electron chi connectivity index (χ3n) is 0.369. The molecule has 0 fully saturated rings. The Bertz CT molecular complexity index is 83.8. The van der Waals surface area contributed by atoms with Crippen molar-refractivity contribution in [2.45, 2.75) is 0 Å². The fraction of sp³-hybridized carbons (Fsp3) is 0.500. The Morgan fingerprint density at radius 1 is 1.86 bits per heavy atom. The number of nitrogens with one attached hydrogen (secondary N) is 1. The van der Waals surface area contributed by atoms with Crippen molar-refractivity contribution in [1.29, 1.82) is 0 Å². The summed E-state index contributed by atoms with van der Waals surface area (Å²) < 4.78 is 9.56. The molecule has 0 radical (unpaired) electrons. The molecule has 0 aromatic carbocycles. The highest BCUT2D eigenvalue weighted by atomic mass is 31.1. The Balaban J connectivity index is 3.17. The van der Waals surface area contributed by atoms with E-state index in [0.29, 0.717) is 0 Å². The van der Waals surface area contributed by atoms with Gasteiger partial charge in [-0.05, 0) is 0 Å². The molecule has 0 bridgehead atoms. The molecule has 0 aliphatic heterocycles. The number of carbonyl (C=O) groups is 1. The number of hydrogen-bond acceptors (Lipinski definition) is 3. The van der Waals surface area contributed by atoms with E-state index in [2.05, 4.69) is 5.84 Å².